The zero-order valence-electron chi connectivity index (χ0n) is 5.52. The van der Waals surface area contributed by atoms with Crippen molar-refractivity contribution in [2.45, 2.75) is 25.1 Å². The van der Waals surface area contributed by atoms with Gasteiger partial charge in [0.2, 0.25) is 0 Å². The standard InChI is InChI=1S/C6H12FNO/c1-6(7)2-5(3-9)8-4-6/h5,8-9H,2-4H2,1H3. The molecule has 0 aromatic carbocycles. The van der Waals surface area contributed by atoms with Gasteiger partial charge in [-0.25, -0.2) is 4.39 Å². The molecule has 2 N–H and O–H groups in total. The zero-order valence-corrected chi connectivity index (χ0v) is 5.52. The summed E-state index contributed by atoms with van der Waals surface area (Å²) in [4.78, 5) is 0. The van der Waals surface area contributed by atoms with E-state index in [4.69, 9.17) is 5.11 Å². The Morgan fingerprint density at radius 2 is 2.56 bits per heavy atom. The molecule has 0 aliphatic carbocycles. The van der Waals surface area contributed by atoms with E-state index >= 15 is 0 Å². The highest BCUT2D eigenvalue weighted by molar-refractivity contribution is 4.90. The van der Waals surface area contributed by atoms with E-state index in [0.717, 1.165) is 0 Å². The van der Waals surface area contributed by atoms with Crippen LogP contribution in [-0.4, -0.2) is 30.0 Å². The van der Waals surface area contributed by atoms with Gasteiger partial charge in [-0.15, -0.1) is 0 Å². The molecule has 0 saturated carbocycles. The summed E-state index contributed by atoms with van der Waals surface area (Å²) >= 11 is 0. The first-order valence-corrected chi connectivity index (χ1v) is 3.17. The van der Waals surface area contributed by atoms with E-state index in [0.29, 0.717) is 13.0 Å². The molecule has 1 heterocycles. The Morgan fingerprint density at radius 1 is 1.89 bits per heavy atom. The lowest BCUT2D eigenvalue weighted by molar-refractivity contribution is 0.198. The van der Waals surface area contributed by atoms with Crippen LogP contribution in [0.5, 0.6) is 0 Å². The molecule has 1 aliphatic heterocycles. The summed E-state index contributed by atoms with van der Waals surface area (Å²) in [5, 5.41) is 11.4. The summed E-state index contributed by atoms with van der Waals surface area (Å²) in [6.45, 7) is 1.97. The lowest BCUT2D eigenvalue weighted by Crippen LogP contribution is -2.25. The van der Waals surface area contributed by atoms with Gasteiger partial charge in [0.05, 0.1) is 6.61 Å². The van der Waals surface area contributed by atoms with E-state index in [2.05, 4.69) is 5.32 Å². The van der Waals surface area contributed by atoms with Crippen LogP contribution in [-0.2, 0) is 0 Å². The van der Waals surface area contributed by atoms with Crippen molar-refractivity contribution in [3.8, 4) is 0 Å². The van der Waals surface area contributed by atoms with Crippen molar-refractivity contribution in [1.29, 1.82) is 0 Å². The number of alkyl halides is 1. The fraction of sp³-hybridized carbons (Fsp3) is 1.00. The predicted molar refractivity (Wildman–Crippen MR) is 33.0 cm³/mol. The highest BCUT2D eigenvalue weighted by Gasteiger charge is 2.33. The van der Waals surface area contributed by atoms with Gasteiger partial charge in [-0.3, -0.25) is 0 Å². The van der Waals surface area contributed by atoms with Crippen LogP contribution in [0, 0.1) is 0 Å². The average molecular weight is 133 g/mol. The molecule has 3 heteroatoms. The summed E-state index contributed by atoms with van der Waals surface area (Å²) in [5.74, 6) is 0. The number of hydrogen-bond acceptors (Lipinski definition) is 2. The Kier molecular flexibility index (Phi) is 1.73. The van der Waals surface area contributed by atoms with Crippen molar-refractivity contribution >= 4 is 0 Å². The van der Waals surface area contributed by atoms with E-state index in [-0.39, 0.29) is 12.6 Å². The molecule has 2 unspecified atom stereocenters. The zero-order chi connectivity index (χ0) is 6.91. The second kappa shape index (κ2) is 2.23. The summed E-state index contributed by atoms with van der Waals surface area (Å²) < 4.78 is 12.9. The Balaban J connectivity index is 2.38. The monoisotopic (exact) mass is 133 g/mol. The van der Waals surface area contributed by atoms with Gasteiger partial charge in [0.15, 0.2) is 0 Å². The predicted octanol–water partition coefficient (Wildman–Crippen LogP) is 0.0688. The number of nitrogens with one attached hydrogen (secondary N) is 1. The third-order valence-corrected chi connectivity index (χ3v) is 1.65. The van der Waals surface area contributed by atoms with E-state index in [1.54, 1.807) is 6.92 Å². The minimum absolute atomic E-state index is 0.0278. The maximum atomic E-state index is 12.9. The fourth-order valence-electron chi connectivity index (χ4n) is 1.14. The van der Waals surface area contributed by atoms with Crippen LogP contribution in [0.1, 0.15) is 13.3 Å². The third kappa shape index (κ3) is 1.63. The number of halogens is 1. The molecule has 1 aliphatic rings. The van der Waals surface area contributed by atoms with Crippen molar-refractivity contribution < 1.29 is 9.50 Å². The van der Waals surface area contributed by atoms with Crippen LogP contribution in [0.4, 0.5) is 4.39 Å². The Labute approximate surface area is 54.1 Å². The molecule has 0 amide bonds. The number of hydrogen-bond donors (Lipinski definition) is 2. The highest BCUT2D eigenvalue weighted by Crippen LogP contribution is 2.21. The van der Waals surface area contributed by atoms with Gasteiger partial charge < -0.3 is 10.4 Å². The largest absolute Gasteiger partial charge is 0.395 e. The first kappa shape index (κ1) is 6.96. The van der Waals surface area contributed by atoms with Gasteiger partial charge in [0.25, 0.3) is 0 Å². The summed E-state index contributed by atoms with van der Waals surface area (Å²) in [6, 6.07) is -0.0278. The summed E-state index contributed by atoms with van der Waals surface area (Å²) in [6.07, 6.45) is 0.434. The summed E-state index contributed by atoms with van der Waals surface area (Å²) in [5.41, 5.74) is -1.10. The lowest BCUT2D eigenvalue weighted by Gasteiger charge is -2.09. The van der Waals surface area contributed by atoms with Crippen molar-refractivity contribution in [2.75, 3.05) is 13.2 Å². The van der Waals surface area contributed by atoms with Gasteiger partial charge in [-0.2, -0.15) is 0 Å². The SMILES string of the molecule is CC1(F)CNC(CO)C1. The van der Waals surface area contributed by atoms with E-state index in [1.807, 2.05) is 0 Å². The van der Waals surface area contributed by atoms with Crippen LogP contribution in [0.25, 0.3) is 0 Å². The molecule has 1 fully saturated rings. The topological polar surface area (TPSA) is 32.3 Å². The molecule has 0 spiro atoms. The molecule has 0 radical (unpaired) electrons. The molecule has 2 atom stereocenters. The molecule has 54 valence electrons. The second-order valence-corrected chi connectivity index (χ2v) is 2.88. The Hall–Kier alpha value is -0.150. The van der Waals surface area contributed by atoms with Crippen molar-refractivity contribution in [3.05, 3.63) is 0 Å². The quantitative estimate of drug-likeness (QED) is 0.530. The maximum Gasteiger partial charge on any atom is 0.122 e. The van der Waals surface area contributed by atoms with Gasteiger partial charge in [0.1, 0.15) is 5.67 Å². The van der Waals surface area contributed by atoms with Gasteiger partial charge in [0, 0.05) is 12.6 Å². The van der Waals surface area contributed by atoms with Crippen LogP contribution in [0.2, 0.25) is 0 Å². The molecular formula is C6H12FNO. The van der Waals surface area contributed by atoms with E-state index in [1.165, 1.54) is 0 Å². The van der Waals surface area contributed by atoms with Crippen LogP contribution in [0.3, 0.4) is 0 Å². The van der Waals surface area contributed by atoms with Crippen LogP contribution in [0.15, 0.2) is 0 Å². The lowest BCUT2D eigenvalue weighted by atomic mass is 10.1. The minimum atomic E-state index is -1.10. The van der Waals surface area contributed by atoms with Gasteiger partial charge >= 0.3 is 0 Å². The third-order valence-electron chi connectivity index (χ3n) is 1.65. The summed E-state index contributed by atoms with van der Waals surface area (Å²) in [7, 11) is 0. The number of rotatable bonds is 1. The van der Waals surface area contributed by atoms with Crippen molar-refractivity contribution in [1.82, 2.24) is 5.32 Å². The highest BCUT2D eigenvalue weighted by atomic mass is 19.1. The Bertz CT molecular complexity index is 105. The van der Waals surface area contributed by atoms with Gasteiger partial charge in [-0.1, -0.05) is 0 Å². The minimum Gasteiger partial charge on any atom is -0.395 e. The molecule has 0 aromatic heterocycles. The molecule has 0 bridgehead atoms. The average Bonchev–Trinajstić information content (AvgIpc) is 2.10. The first-order chi connectivity index (χ1) is 4.14. The molecule has 1 rings (SSSR count). The second-order valence-electron chi connectivity index (χ2n) is 2.88. The van der Waals surface area contributed by atoms with Crippen LogP contribution < -0.4 is 5.32 Å². The van der Waals surface area contributed by atoms with Crippen molar-refractivity contribution in [2.24, 2.45) is 0 Å². The smallest absolute Gasteiger partial charge is 0.122 e. The molecule has 2 nitrogen and oxygen atoms in total. The van der Waals surface area contributed by atoms with Gasteiger partial charge in [-0.05, 0) is 13.3 Å². The van der Waals surface area contributed by atoms with Crippen molar-refractivity contribution in [3.63, 3.8) is 0 Å². The first-order valence-electron chi connectivity index (χ1n) is 3.17. The maximum absolute atomic E-state index is 12.9. The van der Waals surface area contributed by atoms with Crippen LogP contribution >= 0.6 is 0 Å². The molecule has 0 aromatic rings. The fourth-order valence-corrected chi connectivity index (χ4v) is 1.14. The molecular weight excluding hydrogens is 121 g/mol. The Morgan fingerprint density at radius 3 is 2.78 bits per heavy atom. The normalized spacial score (nSPS) is 43.7. The van der Waals surface area contributed by atoms with E-state index in [9.17, 15) is 4.39 Å². The molecule has 1 saturated heterocycles. The number of aliphatic hydroxyl groups excluding tert-OH is 1. The molecule has 9 heavy (non-hydrogen) atoms. The number of aliphatic hydroxyl groups is 1. The van der Waals surface area contributed by atoms with E-state index < -0.39 is 5.67 Å².